The molecule has 0 spiro atoms. The average Bonchev–Trinajstić information content (AvgIpc) is 2.86. The lowest BCUT2D eigenvalue weighted by atomic mass is 9.72. The van der Waals surface area contributed by atoms with Crippen molar-refractivity contribution in [1.29, 1.82) is 0 Å². The van der Waals surface area contributed by atoms with Crippen molar-refractivity contribution < 1.29 is 18.8 Å². The maximum atomic E-state index is 12.8. The fourth-order valence-electron chi connectivity index (χ4n) is 3.80. The van der Waals surface area contributed by atoms with Gasteiger partial charge >= 0.3 is 13.1 Å². The monoisotopic (exact) mass is 376 g/mol. The second kappa shape index (κ2) is 6.61. The second-order valence-electron chi connectivity index (χ2n) is 8.19. The lowest BCUT2D eigenvalue weighted by molar-refractivity contribution is 0.00578. The Bertz CT molecular complexity index is 998. The SMILES string of the molecule is CCOC(=O)c1c2ccccc2c(B2OC(C)(C)C(C)(C)O2)c2ccccc12. The first-order valence-corrected chi connectivity index (χ1v) is 9.73. The third-order valence-corrected chi connectivity index (χ3v) is 5.94. The van der Waals surface area contributed by atoms with Gasteiger partial charge in [-0.05, 0) is 61.6 Å². The van der Waals surface area contributed by atoms with Gasteiger partial charge in [0.05, 0.1) is 23.4 Å². The Labute approximate surface area is 165 Å². The van der Waals surface area contributed by atoms with Gasteiger partial charge in [0.15, 0.2) is 0 Å². The molecule has 0 atom stereocenters. The van der Waals surface area contributed by atoms with Crippen LogP contribution < -0.4 is 5.46 Å². The van der Waals surface area contributed by atoms with Crippen molar-refractivity contribution >= 4 is 40.1 Å². The standard InChI is InChI=1S/C23H25BO4/c1-6-26-21(25)19-15-11-7-9-13-17(15)20(18-14-10-8-12-16(18)19)24-27-22(2,3)23(4,5)28-24/h7-14H,6H2,1-5H3. The van der Waals surface area contributed by atoms with Crippen LogP contribution in [-0.4, -0.2) is 30.9 Å². The Morgan fingerprint density at radius 1 is 0.857 bits per heavy atom. The molecule has 4 rings (SSSR count). The molecule has 0 aromatic heterocycles. The first-order valence-electron chi connectivity index (χ1n) is 9.73. The Morgan fingerprint density at radius 3 is 1.71 bits per heavy atom. The molecule has 144 valence electrons. The lowest BCUT2D eigenvalue weighted by Gasteiger charge is -2.32. The van der Waals surface area contributed by atoms with Gasteiger partial charge in [0.1, 0.15) is 0 Å². The Hall–Kier alpha value is -2.37. The highest BCUT2D eigenvalue weighted by Crippen LogP contribution is 2.38. The zero-order chi connectivity index (χ0) is 20.1. The number of carbonyl (C=O) groups excluding carboxylic acids is 1. The van der Waals surface area contributed by atoms with E-state index in [1.54, 1.807) is 0 Å². The summed E-state index contributed by atoms with van der Waals surface area (Å²) in [7, 11) is -0.518. The minimum Gasteiger partial charge on any atom is -0.462 e. The lowest BCUT2D eigenvalue weighted by Crippen LogP contribution is -2.41. The molecule has 0 aliphatic carbocycles. The third kappa shape index (κ3) is 2.81. The summed E-state index contributed by atoms with van der Waals surface area (Å²) < 4.78 is 18.1. The van der Waals surface area contributed by atoms with E-state index in [1.807, 2.05) is 83.1 Å². The molecule has 0 amide bonds. The van der Waals surface area contributed by atoms with Gasteiger partial charge in [-0.3, -0.25) is 0 Å². The van der Waals surface area contributed by atoms with Gasteiger partial charge in [-0.2, -0.15) is 0 Å². The topological polar surface area (TPSA) is 44.8 Å². The van der Waals surface area contributed by atoms with E-state index >= 15 is 0 Å². The van der Waals surface area contributed by atoms with Gasteiger partial charge in [-0.1, -0.05) is 48.5 Å². The van der Waals surface area contributed by atoms with Crippen molar-refractivity contribution in [3.8, 4) is 0 Å². The van der Waals surface area contributed by atoms with Crippen LogP contribution in [0.4, 0.5) is 0 Å². The molecule has 0 radical (unpaired) electrons. The number of fused-ring (bicyclic) bond motifs is 2. The predicted molar refractivity (Wildman–Crippen MR) is 113 cm³/mol. The third-order valence-electron chi connectivity index (χ3n) is 5.94. The van der Waals surface area contributed by atoms with Gasteiger partial charge in [0, 0.05) is 0 Å². The molecule has 3 aromatic carbocycles. The summed E-state index contributed by atoms with van der Waals surface area (Å²) in [6, 6.07) is 15.8. The van der Waals surface area contributed by atoms with E-state index in [4.69, 9.17) is 14.0 Å². The van der Waals surface area contributed by atoms with Gasteiger partial charge in [-0.15, -0.1) is 0 Å². The maximum absolute atomic E-state index is 12.8. The van der Waals surface area contributed by atoms with Gasteiger partial charge < -0.3 is 14.0 Å². The number of hydrogen-bond donors (Lipinski definition) is 0. The summed E-state index contributed by atoms with van der Waals surface area (Å²) in [6.07, 6.45) is 0. The van der Waals surface area contributed by atoms with Crippen LogP contribution in [0.15, 0.2) is 48.5 Å². The number of esters is 1. The summed E-state index contributed by atoms with van der Waals surface area (Å²) >= 11 is 0. The number of rotatable bonds is 3. The molecule has 0 saturated carbocycles. The Balaban J connectivity index is 2.05. The van der Waals surface area contributed by atoms with Crippen LogP contribution in [0.25, 0.3) is 21.5 Å². The molecule has 0 N–H and O–H groups in total. The zero-order valence-electron chi connectivity index (χ0n) is 17.0. The van der Waals surface area contributed by atoms with E-state index in [0.717, 1.165) is 27.0 Å². The van der Waals surface area contributed by atoms with E-state index in [0.29, 0.717) is 12.2 Å². The minimum atomic E-state index is -0.518. The van der Waals surface area contributed by atoms with E-state index < -0.39 is 18.3 Å². The van der Waals surface area contributed by atoms with Crippen LogP contribution in [0.1, 0.15) is 45.0 Å². The molecular formula is C23H25BO4. The number of carbonyl (C=O) groups is 1. The van der Waals surface area contributed by atoms with Crippen LogP contribution >= 0.6 is 0 Å². The van der Waals surface area contributed by atoms with Crippen LogP contribution in [-0.2, 0) is 14.0 Å². The van der Waals surface area contributed by atoms with E-state index in [2.05, 4.69) is 0 Å². The summed E-state index contributed by atoms with van der Waals surface area (Å²) in [5, 5.41) is 3.60. The molecule has 1 aliphatic rings. The predicted octanol–water partition coefficient (Wildman–Crippen LogP) is 4.47. The van der Waals surface area contributed by atoms with Crippen molar-refractivity contribution in [3.63, 3.8) is 0 Å². The first-order chi connectivity index (χ1) is 13.3. The van der Waals surface area contributed by atoms with Crippen molar-refractivity contribution in [3.05, 3.63) is 54.1 Å². The Morgan fingerprint density at radius 2 is 1.29 bits per heavy atom. The van der Waals surface area contributed by atoms with Crippen molar-refractivity contribution in [2.45, 2.75) is 45.8 Å². The van der Waals surface area contributed by atoms with Crippen LogP contribution in [0.5, 0.6) is 0 Å². The quantitative estimate of drug-likeness (QED) is 0.384. The van der Waals surface area contributed by atoms with Crippen LogP contribution in [0.3, 0.4) is 0 Å². The van der Waals surface area contributed by atoms with Crippen molar-refractivity contribution in [1.82, 2.24) is 0 Å². The van der Waals surface area contributed by atoms with Gasteiger partial charge in [-0.25, -0.2) is 4.79 Å². The molecule has 4 nitrogen and oxygen atoms in total. The van der Waals surface area contributed by atoms with Crippen molar-refractivity contribution in [2.75, 3.05) is 6.61 Å². The van der Waals surface area contributed by atoms with Crippen LogP contribution in [0.2, 0.25) is 0 Å². The summed E-state index contributed by atoms with van der Waals surface area (Å²) in [5.74, 6) is -0.310. The number of hydrogen-bond acceptors (Lipinski definition) is 4. The highest BCUT2D eigenvalue weighted by atomic mass is 16.7. The summed E-state index contributed by atoms with van der Waals surface area (Å²) in [6.45, 7) is 10.3. The van der Waals surface area contributed by atoms with Gasteiger partial charge in [0.25, 0.3) is 0 Å². The molecule has 0 unspecified atom stereocenters. The fraction of sp³-hybridized carbons (Fsp3) is 0.348. The van der Waals surface area contributed by atoms with E-state index in [9.17, 15) is 4.79 Å². The molecule has 0 bridgehead atoms. The molecule has 3 aromatic rings. The maximum Gasteiger partial charge on any atom is 0.496 e. The summed E-state index contributed by atoms with van der Waals surface area (Å²) in [4.78, 5) is 12.8. The molecule has 28 heavy (non-hydrogen) atoms. The molecule has 1 saturated heterocycles. The van der Waals surface area contributed by atoms with Crippen molar-refractivity contribution in [2.24, 2.45) is 0 Å². The highest BCUT2D eigenvalue weighted by Gasteiger charge is 2.52. The molecule has 1 heterocycles. The fourth-order valence-corrected chi connectivity index (χ4v) is 3.80. The summed E-state index contributed by atoms with van der Waals surface area (Å²) in [5.41, 5.74) is 0.658. The Kier molecular flexibility index (Phi) is 4.48. The average molecular weight is 376 g/mol. The van der Waals surface area contributed by atoms with Gasteiger partial charge in [0.2, 0.25) is 0 Å². The van der Waals surface area contributed by atoms with Crippen LogP contribution in [0, 0.1) is 0 Å². The highest BCUT2D eigenvalue weighted by molar-refractivity contribution is 6.68. The zero-order valence-corrected chi connectivity index (χ0v) is 17.0. The van der Waals surface area contributed by atoms with E-state index in [-0.39, 0.29) is 5.97 Å². The molecule has 1 aliphatic heterocycles. The smallest absolute Gasteiger partial charge is 0.462 e. The second-order valence-corrected chi connectivity index (χ2v) is 8.19. The molecular weight excluding hydrogens is 351 g/mol. The first kappa shape index (κ1) is 19.0. The molecule has 1 fully saturated rings. The minimum absolute atomic E-state index is 0.310. The largest absolute Gasteiger partial charge is 0.496 e. The number of ether oxygens (including phenoxy) is 1. The molecule has 5 heteroatoms. The number of benzene rings is 3. The normalized spacial score (nSPS) is 18.0. The van der Waals surface area contributed by atoms with E-state index in [1.165, 1.54) is 0 Å².